The lowest BCUT2D eigenvalue weighted by Crippen LogP contribution is -2.28. The summed E-state index contributed by atoms with van der Waals surface area (Å²) in [6, 6.07) is 12.8. The van der Waals surface area contributed by atoms with Gasteiger partial charge in [-0.25, -0.2) is 0 Å². The molecule has 0 spiro atoms. The lowest BCUT2D eigenvalue weighted by Gasteiger charge is -2.09. The topological polar surface area (TPSA) is 25.2 Å². The van der Waals surface area contributed by atoms with E-state index in [0.29, 0.717) is 11.3 Å². The number of benzene rings is 1. The molecular weight excluding hydrogens is 234 g/mol. The normalized spacial score (nSPS) is 15.1. The van der Waals surface area contributed by atoms with E-state index in [0.717, 1.165) is 25.1 Å². The molecule has 0 amide bonds. The van der Waals surface area contributed by atoms with Gasteiger partial charge >= 0.3 is 0 Å². The van der Waals surface area contributed by atoms with Gasteiger partial charge in [0.1, 0.15) is 5.76 Å². The van der Waals surface area contributed by atoms with Crippen molar-refractivity contribution in [3.63, 3.8) is 0 Å². The van der Waals surface area contributed by atoms with E-state index in [9.17, 15) is 0 Å². The van der Waals surface area contributed by atoms with Gasteiger partial charge in [-0.2, -0.15) is 0 Å². The van der Waals surface area contributed by atoms with Crippen molar-refractivity contribution in [1.82, 2.24) is 5.32 Å². The van der Waals surface area contributed by atoms with Crippen LogP contribution in [-0.2, 0) is 19.4 Å². The number of furan rings is 1. The van der Waals surface area contributed by atoms with Crippen molar-refractivity contribution in [1.29, 1.82) is 0 Å². The summed E-state index contributed by atoms with van der Waals surface area (Å²) in [6.07, 6.45) is 2.20. The van der Waals surface area contributed by atoms with Crippen molar-refractivity contribution in [3.05, 3.63) is 58.5 Å². The van der Waals surface area contributed by atoms with Gasteiger partial charge in [0.2, 0.25) is 0 Å². The highest BCUT2D eigenvalue weighted by atomic mass is 35.5. The first kappa shape index (κ1) is 10.9. The first-order valence-electron chi connectivity index (χ1n) is 5.85. The summed E-state index contributed by atoms with van der Waals surface area (Å²) in [6.45, 7) is 0.741. The lowest BCUT2D eigenvalue weighted by atomic mass is 10.1. The molecule has 3 rings (SSSR count). The van der Waals surface area contributed by atoms with Crippen LogP contribution in [0.5, 0.6) is 0 Å². The molecule has 2 aromatic rings. The van der Waals surface area contributed by atoms with Crippen molar-refractivity contribution in [2.24, 2.45) is 0 Å². The molecule has 17 heavy (non-hydrogen) atoms. The summed E-state index contributed by atoms with van der Waals surface area (Å²) < 4.78 is 5.32. The average molecular weight is 248 g/mol. The largest absolute Gasteiger partial charge is 0.448 e. The SMILES string of the molecule is Clc1ccc(CNC2Cc3ccccc3C2)o1. The van der Waals surface area contributed by atoms with Gasteiger partial charge in [-0.1, -0.05) is 24.3 Å². The van der Waals surface area contributed by atoms with E-state index >= 15 is 0 Å². The van der Waals surface area contributed by atoms with Crippen molar-refractivity contribution >= 4 is 11.6 Å². The van der Waals surface area contributed by atoms with E-state index in [1.165, 1.54) is 11.1 Å². The van der Waals surface area contributed by atoms with E-state index < -0.39 is 0 Å². The second-order valence-corrected chi connectivity index (χ2v) is 4.83. The number of hydrogen-bond donors (Lipinski definition) is 1. The van der Waals surface area contributed by atoms with E-state index in [4.69, 9.17) is 16.0 Å². The van der Waals surface area contributed by atoms with E-state index in [-0.39, 0.29) is 0 Å². The zero-order valence-corrected chi connectivity index (χ0v) is 10.2. The molecule has 0 unspecified atom stereocenters. The second-order valence-electron chi connectivity index (χ2n) is 4.46. The number of rotatable bonds is 3. The molecule has 0 saturated heterocycles. The van der Waals surface area contributed by atoms with Gasteiger partial charge in [-0.15, -0.1) is 0 Å². The Balaban J connectivity index is 1.59. The van der Waals surface area contributed by atoms with Crippen LogP contribution in [0.1, 0.15) is 16.9 Å². The molecule has 1 aliphatic carbocycles. The molecular formula is C14H14ClNO. The second kappa shape index (κ2) is 4.55. The molecule has 0 fully saturated rings. The average Bonchev–Trinajstić information content (AvgIpc) is 2.91. The van der Waals surface area contributed by atoms with E-state index in [2.05, 4.69) is 29.6 Å². The van der Waals surface area contributed by atoms with Crippen LogP contribution in [0.2, 0.25) is 5.22 Å². The predicted molar refractivity (Wildman–Crippen MR) is 68.2 cm³/mol. The van der Waals surface area contributed by atoms with Gasteiger partial charge in [0.25, 0.3) is 0 Å². The predicted octanol–water partition coefficient (Wildman–Crippen LogP) is 3.19. The molecule has 0 saturated carbocycles. The van der Waals surface area contributed by atoms with Crippen LogP contribution in [-0.4, -0.2) is 6.04 Å². The molecule has 1 heterocycles. The van der Waals surface area contributed by atoms with Crippen molar-refractivity contribution in [2.75, 3.05) is 0 Å². The molecule has 3 heteroatoms. The molecule has 1 N–H and O–H groups in total. The molecule has 1 aromatic heterocycles. The van der Waals surface area contributed by atoms with Crippen LogP contribution in [0, 0.1) is 0 Å². The molecule has 88 valence electrons. The summed E-state index contributed by atoms with van der Waals surface area (Å²) >= 11 is 5.73. The minimum atomic E-state index is 0.455. The monoisotopic (exact) mass is 247 g/mol. The van der Waals surface area contributed by atoms with Crippen LogP contribution < -0.4 is 5.32 Å². The molecule has 0 bridgehead atoms. The van der Waals surface area contributed by atoms with E-state index in [1.54, 1.807) is 6.07 Å². The maximum absolute atomic E-state index is 5.73. The van der Waals surface area contributed by atoms with Crippen molar-refractivity contribution < 1.29 is 4.42 Å². The number of hydrogen-bond acceptors (Lipinski definition) is 2. The van der Waals surface area contributed by atoms with Gasteiger partial charge in [0, 0.05) is 6.04 Å². The van der Waals surface area contributed by atoms with Gasteiger partial charge < -0.3 is 9.73 Å². The molecule has 2 nitrogen and oxygen atoms in total. The van der Waals surface area contributed by atoms with Gasteiger partial charge in [0.05, 0.1) is 6.54 Å². The molecule has 1 aromatic carbocycles. The van der Waals surface area contributed by atoms with Crippen LogP contribution in [0.15, 0.2) is 40.8 Å². The highest BCUT2D eigenvalue weighted by Crippen LogP contribution is 2.22. The van der Waals surface area contributed by atoms with Gasteiger partial charge in [-0.3, -0.25) is 0 Å². The zero-order chi connectivity index (χ0) is 11.7. The Labute approximate surface area is 106 Å². The maximum atomic E-state index is 5.73. The molecule has 1 aliphatic rings. The van der Waals surface area contributed by atoms with Crippen molar-refractivity contribution in [2.45, 2.75) is 25.4 Å². The van der Waals surface area contributed by atoms with E-state index in [1.807, 2.05) is 6.07 Å². The Morgan fingerprint density at radius 3 is 2.41 bits per heavy atom. The summed E-state index contributed by atoms with van der Waals surface area (Å²) in [4.78, 5) is 0. The van der Waals surface area contributed by atoms with Crippen molar-refractivity contribution in [3.8, 4) is 0 Å². The first-order chi connectivity index (χ1) is 8.31. The number of halogens is 1. The fourth-order valence-electron chi connectivity index (χ4n) is 2.39. The molecule has 0 aliphatic heterocycles. The van der Waals surface area contributed by atoms with Crippen LogP contribution in [0.4, 0.5) is 0 Å². The Morgan fingerprint density at radius 2 is 1.82 bits per heavy atom. The Bertz CT molecular complexity index is 495. The smallest absolute Gasteiger partial charge is 0.193 e. The summed E-state index contributed by atoms with van der Waals surface area (Å²) in [5.41, 5.74) is 2.92. The lowest BCUT2D eigenvalue weighted by molar-refractivity contribution is 0.450. The van der Waals surface area contributed by atoms with Crippen LogP contribution in [0.3, 0.4) is 0 Å². The Kier molecular flexibility index (Phi) is 2.91. The van der Waals surface area contributed by atoms with Gasteiger partial charge in [-0.05, 0) is 47.7 Å². The number of nitrogens with one attached hydrogen (secondary N) is 1. The van der Waals surface area contributed by atoms with Gasteiger partial charge in [0.15, 0.2) is 5.22 Å². The summed E-state index contributed by atoms with van der Waals surface area (Å²) in [5, 5.41) is 3.96. The first-order valence-corrected chi connectivity index (χ1v) is 6.23. The fraction of sp³-hybridized carbons (Fsp3) is 0.286. The van der Waals surface area contributed by atoms with Crippen LogP contribution in [0.25, 0.3) is 0 Å². The third-order valence-corrected chi connectivity index (χ3v) is 3.45. The third-order valence-electron chi connectivity index (χ3n) is 3.24. The Morgan fingerprint density at radius 1 is 1.12 bits per heavy atom. The third kappa shape index (κ3) is 2.38. The molecule has 0 atom stereocenters. The summed E-state index contributed by atoms with van der Waals surface area (Å²) in [7, 11) is 0. The zero-order valence-electron chi connectivity index (χ0n) is 9.45. The summed E-state index contributed by atoms with van der Waals surface area (Å²) in [5.74, 6) is 0.894. The Hall–Kier alpha value is -1.25. The highest BCUT2D eigenvalue weighted by molar-refractivity contribution is 6.28. The minimum Gasteiger partial charge on any atom is -0.448 e. The minimum absolute atomic E-state index is 0.455. The fourth-order valence-corrected chi connectivity index (χ4v) is 2.56. The standard InChI is InChI=1S/C14H14ClNO/c15-14-6-5-13(17-14)9-16-12-7-10-3-1-2-4-11(10)8-12/h1-6,12,16H,7-9H2. The molecule has 0 radical (unpaired) electrons. The quantitative estimate of drug-likeness (QED) is 0.901. The maximum Gasteiger partial charge on any atom is 0.193 e. The number of fused-ring (bicyclic) bond motifs is 1. The van der Waals surface area contributed by atoms with Crippen LogP contribution >= 0.6 is 11.6 Å². The highest BCUT2D eigenvalue weighted by Gasteiger charge is 2.20.